The number of hydrogen-bond acceptors (Lipinski definition) is 3. The molecule has 0 aromatic heterocycles. The molecular weight excluding hydrogens is 320 g/mol. The van der Waals surface area contributed by atoms with E-state index in [-0.39, 0.29) is 10.6 Å². The lowest BCUT2D eigenvalue weighted by molar-refractivity contribution is -0.384. The van der Waals surface area contributed by atoms with Gasteiger partial charge in [-0.1, -0.05) is 34.5 Å². The van der Waals surface area contributed by atoms with E-state index in [0.29, 0.717) is 11.6 Å². The second kappa shape index (κ2) is 8.04. The number of nitro benzene ring substituents is 1. The fourth-order valence-corrected chi connectivity index (χ4v) is 2.21. The highest BCUT2D eigenvalue weighted by Gasteiger charge is 2.14. The molecule has 4 nitrogen and oxygen atoms in total. The van der Waals surface area contributed by atoms with E-state index >= 15 is 0 Å². The van der Waals surface area contributed by atoms with Crippen molar-refractivity contribution in [1.29, 1.82) is 0 Å². The van der Waals surface area contributed by atoms with Gasteiger partial charge in [-0.3, -0.25) is 10.1 Å². The van der Waals surface area contributed by atoms with Crippen molar-refractivity contribution < 1.29 is 4.92 Å². The van der Waals surface area contributed by atoms with Crippen LogP contribution >= 0.6 is 15.9 Å². The summed E-state index contributed by atoms with van der Waals surface area (Å²) in [6.45, 7) is 7.06. The number of hydrogen-bond donors (Lipinski definition) is 1. The summed E-state index contributed by atoms with van der Waals surface area (Å²) in [7, 11) is 0. The number of nitro groups is 1. The lowest BCUT2D eigenvalue weighted by Crippen LogP contribution is -2.12. The minimum Gasteiger partial charge on any atom is -0.379 e. The van der Waals surface area contributed by atoms with E-state index < -0.39 is 0 Å². The summed E-state index contributed by atoms with van der Waals surface area (Å²) in [4.78, 5) is 10.6. The Labute approximate surface area is 128 Å². The number of allylic oxidation sites excluding steroid dienone is 2. The smallest absolute Gasteiger partial charge is 0.292 e. The monoisotopic (exact) mass is 340 g/mol. The van der Waals surface area contributed by atoms with Crippen LogP contribution in [-0.2, 0) is 0 Å². The molecule has 1 atom stereocenters. The first kappa shape index (κ1) is 16.7. The van der Waals surface area contributed by atoms with Crippen LogP contribution in [0, 0.1) is 16.0 Å². The summed E-state index contributed by atoms with van der Waals surface area (Å²) in [6.07, 6.45) is 4.34. The maximum absolute atomic E-state index is 11.0. The number of anilines is 1. The Balaban J connectivity index is 2.58. The first-order valence-electron chi connectivity index (χ1n) is 6.71. The predicted octanol–water partition coefficient (Wildman–Crippen LogP) is 5.15. The van der Waals surface area contributed by atoms with Crippen molar-refractivity contribution in [2.75, 3.05) is 11.9 Å². The number of nitrogens with zero attached hydrogens (tertiary/aromatic N) is 1. The van der Waals surface area contributed by atoms with Crippen molar-refractivity contribution >= 4 is 27.3 Å². The zero-order valence-electron chi connectivity index (χ0n) is 12.1. The first-order chi connectivity index (χ1) is 9.40. The third kappa shape index (κ3) is 5.74. The Morgan fingerprint density at radius 1 is 1.50 bits per heavy atom. The van der Waals surface area contributed by atoms with Crippen molar-refractivity contribution in [2.45, 2.75) is 33.6 Å². The average molecular weight is 341 g/mol. The fourth-order valence-electron chi connectivity index (χ4n) is 1.85. The molecule has 0 aliphatic carbocycles. The molecule has 5 heteroatoms. The molecule has 0 saturated carbocycles. The van der Waals surface area contributed by atoms with Gasteiger partial charge in [0.05, 0.1) is 4.92 Å². The second-order valence-electron chi connectivity index (χ2n) is 5.26. The Morgan fingerprint density at radius 3 is 2.80 bits per heavy atom. The molecule has 1 N–H and O–H groups in total. The van der Waals surface area contributed by atoms with Gasteiger partial charge in [-0.05, 0) is 44.7 Å². The predicted molar refractivity (Wildman–Crippen MR) is 87.1 cm³/mol. The fraction of sp³-hybridized carbons (Fsp3) is 0.467. The van der Waals surface area contributed by atoms with Crippen molar-refractivity contribution in [2.24, 2.45) is 5.92 Å². The quantitative estimate of drug-likeness (QED) is 0.424. The molecule has 1 aromatic carbocycles. The normalized spacial score (nSPS) is 11.8. The molecule has 1 rings (SSSR count). The van der Waals surface area contributed by atoms with E-state index in [1.807, 2.05) is 0 Å². The molecule has 0 saturated heterocycles. The SMILES string of the molecule is CC(C)=CCCC(C)CNc1cc(Br)ccc1[N+](=O)[O-]. The molecule has 1 aromatic rings. The van der Waals surface area contributed by atoms with E-state index in [1.54, 1.807) is 12.1 Å². The molecule has 0 aliphatic heterocycles. The molecule has 0 fully saturated rings. The zero-order chi connectivity index (χ0) is 15.1. The highest BCUT2D eigenvalue weighted by atomic mass is 79.9. The van der Waals surface area contributed by atoms with E-state index in [2.05, 4.69) is 48.1 Å². The average Bonchev–Trinajstić information content (AvgIpc) is 2.35. The van der Waals surface area contributed by atoms with Crippen LogP contribution in [0.5, 0.6) is 0 Å². The lowest BCUT2D eigenvalue weighted by atomic mass is 10.0. The van der Waals surface area contributed by atoms with Crippen LogP contribution in [-0.4, -0.2) is 11.5 Å². The van der Waals surface area contributed by atoms with Gasteiger partial charge in [0.1, 0.15) is 5.69 Å². The summed E-state index contributed by atoms with van der Waals surface area (Å²) in [5.41, 5.74) is 2.01. The molecule has 0 radical (unpaired) electrons. The van der Waals surface area contributed by atoms with Crippen molar-refractivity contribution in [3.05, 3.63) is 44.4 Å². The number of rotatable bonds is 7. The van der Waals surface area contributed by atoms with Crippen molar-refractivity contribution in [1.82, 2.24) is 0 Å². The van der Waals surface area contributed by atoms with Crippen LogP contribution < -0.4 is 5.32 Å². The van der Waals surface area contributed by atoms with E-state index in [0.717, 1.165) is 23.9 Å². The Hall–Kier alpha value is -1.36. The Kier molecular flexibility index (Phi) is 6.71. The summed E-state index contributed by atoms with van der Waals surface area (Å²) < 4.78 is 0.836. The Morgan fingerprint density at radius 2 is 2.20 bits per heavy atom. The van der Waals surface area contributed by atoms with Gasteiger partial charge in [0, 0.05) is 17.1 Å². The zero-order valence-corrected chi connectivity index (χ0v) is 13.7. The second-order valence-corrected chi connectivity index (χ2v) is 6.18. The van der Waals surface area contributed by atoms with Crippen molar-refractivity contribution in [3.8, 4) is 0 Å². The third-order valence-corrected chi connectivity index (χ3v) is 3.50. The van der Waals surface area contributed by atoms with Gasteiger partial charge >= 0.3 is 0 Å². The van der Waals surface area contributed by atoms with Gasteiger partial charge < -0.3 is 5.32 Å². The van der Waals surface area contributed by atoms with Crippen LogP contribution in [0.2, 0.25) is 0 Å². The molecule has 0 amide bonds. The molecule has 0 heterocycles. The summed E-state index contributed by atoms with van der Waals surface area (Å²) >= 11 is 3.34. The third-order valence-electron chi connectivity index (χ3n) is 3.01. The highest BCUT2D eigenvalue weighted by Crippen LogP contribution is 2.28. The highest BCUT2D eigenvalue weighted by molar-refractivity contribution is 9.10. The molecule has 110 valence electrons. The standard InChI is InChI=1S/C15H21BrN2O2/c1-11(2)5-4-6-12(3)10-17-14-9-13(16)7-8-15(14)18(19)20/h5,7-9,12,17H,4,6,10H2,1-3H3. The topological polar surface area (TPSA) is 55.2 Å². The van der Waals surface area contributed by atoms with Crippen LogP contribution in [0.15, 0.2) is 34.3 Å². The first-order valence-corrected chi connectivity index (χ1v) is 7.50. The van der Waals surface area contributed by atoms with Gasteiger partial charge in [-0.15, -0.1) is 0 Å². The van der Waals surface area contributed by atoms with E-state index in [1.165, 1.54) is 11.6 Å². The minimum atomic E-state index is -0.359. The van der Waals surface area contributed by atoms with E-state index in [9.17, 15) is 10.1 Å². The van der Waals surface area contributed by atoms with Crippen LogP contribution in [0.25, 0.3) is 0 Å². The molecule has 0 aliphatic rings. The molecule has 1 unspecified atom stereocenters. The summed E-state index contributed by atoms with van der Waals surface area (Å²) in [6, 6.07) is 4.95. The molecule has 0 bridgehead atoms. The largest absolute Gasteiger partial charge is 0.379 e. The maximum atomic E-state index is 11.0. The van der Waals surface area contributed by atoms with Gasteiger partial charge in [-0.25, -0.2) is 0 Å². The van der Waals surface area contributed by atoms with Crippen LogP contribution in [0.3, 0.4) is 0 Å². The number of halogens is 1. The van der Waals surface area contributed by atoms with Crippen molar-refractivity contribution in [3.63, 3.8) is 0 Å². The number of benzene rings is 1. The van der Waals surface area contributed by atoms with Gasteiger partial charge in [0.15, 0.2) is 0 Å². The summed E-state index contributed by atoms with van der Waals surface area (Å²) in [5, 5.41) is 14.1. The van der Waals surface area contributed by atoms with Crippen LogP contribution in [0.1, 0.15) is 33.6 Å². The number of nitrogens with one attached hydrogen (secondary N) is 1. The van der Waals surface area contributed by atoms with Gasteiger partial charge in [0.2, 0.25) is 0 Å². The summed E-state index contributed by atoms with van der Waals surface area (Å²) in [5.74, 6) is 0.462. The van der Waals surface area contributed by atoms with Gasteiger partial charge in [-0.2, -0.15) is 0 Å². The van der Waals surface area contributed by atoms with E-state index in [4.69, 9.17) is 0 Å². The van der Waals surface area contributed by atoms with Gasteiger partial charge in [0.25, 0.3) is 5.69 Å². The minimum absolute atomic E-state index is 0.115. The Bertz CT molecular complexity index is 497. The van der Waals surface area contributed by atoms with Crippen LogP contribution in [0.4, 0.5) is 11.4 Å². The molecule has 20 heavy (non-hydrogen) atoms. The maximum Gasteiger partial charge on any atom is 0.292 e. The molecule has 0 spiro atoms. The lowest BCUT2D eigenvalue weighted by Gasteiger charge is -2.13. The molecular formula is C15H21BrN2O2.